The van der Waals surface area contributed by atoms with Crippen molar-refractivity contribution in [1.82, 2.24) is 19.5 Å². The fraction of sp³-hybridized carbons (Fsp3) is 0.684. The van der Waals surface area contributed by atoms with Crippen molar-refractivity contribution in [1.29, 1.82) is 0 Å². The first-order valence-corrected chi connectivity index (χ1v) is 13.2. The van der Waals surface area contributed by atoms with Crippen LogP contribution in [0.25, 0.3) is 11.2 Å². The lowest BCUT2D eigenvalue weighted by Gasteiger charge is -2.17. The Kier molecular flexibility index (Phi) is 8.76. The standard InChI is InChI=1S/C19H27ClN5O9P/c1-2-31-19(26)32-10-33-35(27,28)11-30-8-13-3-4-14(34-13)25-9-21-15-16(22-12-5-6-29-7-12)23-18(20)24-17(15)25/h9,12-14H,2-8,10-11H2,1H3,(H,27,28)(H,22,23,24). The van der Waals surface area contributed by atoms with Crippen LogP contribution < -0.4 is 5.32 Å². The van der Waals surface area contributed by atoms with E-state index < -0.39 is 26.9 Å². The van der Waals surface area contributed by atoms with Crippen LogP contribution in [0.4, 0.5) is 10.6 Å². The summed E-state index contributed by atoms with van der Waals surface area (Å²) in [6.07, 6.45) is 1.53. The van der Waals surface area contributed by atoms with Crippen molar-refractivity contribution >= 4 is 42.3 Å². The molecule has 4 atom stereocenters. The molecule has 2 aromatic rings. The van der Waals surface area contributed by atoms with Gasteiger partial charge in [-0.25, -0.2) is 9.78 Å². The predicted octanol–water partition coefficient (Wildman–Crippen LogP) is 2.66. The van der Waals surface area contributed by atoms with E-state index in [0.717, 1.165) is 6.42 Å². The van der Waals surface area contributed by atoms with Crippen molar-refractivity contribution in [3.63, 3.8) is 0 Å². The Morgan fingerprint density at radius 2 is 2.20 bits per heavy atom. The molecular weight excluding hydrogens is 509 g/mol. The predicted molar refractivity (Wildman–Crippen MR) is 121 cm³/mol. The molecule has 4 rings (SSSR count). The topological polar surface area (TPSA) is 165 Å². The Morgan fingerprint density at radius 3 is 2.97 bits per heavy atom. The summed E-state index contributed by atoms with van der Waals surface area (Å²) in [5.41, 5.74) is 1.11. The van der Waals surface area contributed by atoms with Crippen LogP contribution in [-0.4, -0.2) is 82.3 Å². The second-order valence-electron chi connectivity index (χ2n) is 7.87. The van der Waals surface area contributed by atoms with E-state index in [-0.39, 0.29) is 36.9 Å². The van der Waals surface area contributed by atoms with Gasteiger partial charge >= 0.3 is 13.8 Å². The number of anilines is 1. The van der Waals surface area contributed by atoms with Crippen LogP contribution in [0.3, 0.4) is 0 Å². The highest BCUT2D eigenvalue weighted by Crippen LogP contribution is 2.42. The zero-order valence-electron chi connectivity index (χ0n) is 19.0. The van der Waals surface area contributed by atoms with Crippen LogP contribution >= 0.6 is 19.2 Å². The van der Waals surface area contributed by atoms with E-state index in [0.29, 0.717) is 43.0 Å². The quantitative estimate of drug-likeness (QED) is 0.187. The Bertz CT molecular complexity index is 1070. The fourth-order valence-electron chi connectivity index (χ4n) is 3.71. The van der Waals surface area contributed by atoms with E-state index >= 15 is 0 Å². The molecular formula is C19H27ClN5O9P. The molecule has 0 aliphatic carbocycles. The number of nitrogens with one attached hydrogen (secondary N) is 1. The SMILES string of the molecule is CCOC(=O)OCOP(=O)(O)COCC1CCC(n2cnc3c(NC4CCOC4)nc(Cl)nc32)O1. The van der Waals surface area contributed by atoms with Crippen LogP contribution in [0.2, 0.25) is 5.28 Å². The number of nitrogens with zero attached hydrogens (tertiary/aromatic N) is 4. The number of carbonyl (C=O) groups is 1. The number of carbonyl (C=O) groups excluding carboxylic acids is 1. The minimum absolute atomic E-state index is 0.0694. The first-order chi connectivity index (χ1) is 16.8. The summed E-state index contributed by atoms with van der Waals surface area (Å²) in [6.45, 7) is 2.33. The smallest absolute Gasteiger partial charge is 0.435 e. The van der Waals surface area contributed by atoms with Crippen molar-refractivity contribution in [3.05, 3.63) is 11.6 Å². The van der Waals surface area contributed by atoms with Gasteiger partial charge in [-0.15, -0.1) is 0 Å². The van der Waals surface area contributed by atoms with Gasteiger partial charge in [0.2, 0.25) is 12.1 Å². The molecule has 16 heteroatoms. The van der Waals surface area contributed by atoms with E-state index in [1.54, 1.807) is 17.8 Å². The maximum atomic E-state index is 12.0. The number of ether oxygens (including phenoxy) is 5. The third-order valence-corrected chi connectivity index (χ3v) is 6.50. The number of hydrogen-bond acceptors (Lipinski definition) is 12. The highest BCUT2D eigenvalue weighted by molar-refractivity contribution is 7.52. The second-order valence-corrected chi connectivity index (χ2v) is 10.0. The van der Waals surface area contributed by atoms with Crippen molar-refractivity contribution in [2.24, 2.45) is 0 Å². The van der Waals surface area contributed by atoms with Crippen LogP contribution in [-0.2, 0) is 32.8 Å². The highest BCUT2D eigenvalue weighted by Gasteiger charge is 2.30. The summed E-state index contributed by atoms with van der Waals surface area (Å²) < 4.78 is 44.2. The first kappa shape index (κ1) is 26.0. The van der Waals surface area contributed by atoms with E-state index in [1.165, 1.54) is 0 Å². The molecule has 0 spiro atoms. The lowest BCUT2D eigenvalue weighted by atomic mass is 10.2. The summed E-state index contributed by atoms with van der Waals surface area (Å²) in [5.74, 6) is 0.540. The highest BCUT2D eigenvalue weighted by atomic mass is 35.5. The normalized spacial score (nSPS) is 23.9. The Balaban J connectivity index is 1.28. The van der Waals surface area contributed by atoms with E-state index in [4.69, 9.17) is 25.8 Å². The van der Waals surface area contributed by atoms with Gasteiger partial charge in [0.05, 0.1) is 38.3 Å². The Labute approximate surface area is 205 Å². The molecule has 2 saturated heterocycles. The minimum Gasteiger partial charge on any atom is -0.435 e. The van der Waals surface area contributed by atoms with Gasteiger partial charge in [0.25, 0.3) is 0 Å². The average molecular weight is 536 g/mol. The summed E-state index contributed by atoms with van der Waals surface area (Å²) in [4.78, 5) is 33.9. The van der Waals surface area contributed by atoms with Crippen LogP contribution in [0.15, 0.2) is 6.33 Å². The maximum absolute atomic E-state index is 12.0. The number of halogens is 1. The van der Waals surface area contributed by atoms with Crippen molar-refractivity contribution < 1.29 is 42.5 Å². The number of fused-ring (bicyclic) bond motifs is 1. The van der Waals surface area contributed by atoms with Crippen LogP contribution in [0.1, 0.15) is 32.4 Å². The largest absolute Gasteiger partial charge is 0.510 e. The number of imidazole rings is 1. The van der Waals surface area contributed by atoms with E-state index in [2.05, 4.69) is 34.3 Å². The molecule has 0 aromatic carbocycles. The molecule has 0 bridgehead atoms. The van der Waals surface area contributed by atoms with Gasteiger partial charge in [-0.05, 0) is 37.8 Å². The Morgan fingerprint density at radius 1 is 1.34 bits per heavy atom. The van der Waals surface area contributed by atoms with Gasteiger partial charge in [-0.1, -0.05) is 0 Å². The van der Waals surface area contributed by atoms with E-state index in [9.17, 15) is 14.3 Å². The number of aromatic nitrogens is 4. The van der Waals surface area contributed by atoms with Gasteiger partial charge in [0.15, 0.2) is 17.0 Å². The minimum atomic E-state index is -4.12. The number of rotatable bonds is 11. The molecule has 4 heterocycles. The molecule has 0 radical (unpaired) electrons. The van der Waals surface area contributed by atoms with Crippen molar-refractivity contribution in [2.75, 3.05) is 44.9 Å². The molecule has 4 unspecified atom stereocenters. The molecule has 194 valence electrons. The molecule has 2 fully saturated rings. The van der Waals surface area contributed by atoms with E-state index in [1.807, 2.05) is 0 Å². The fourth-order valence-corrected chi connectivity index (χ4v) is 4.50. The van der Waals surface area contributed by atoms with Gasteiger partial charge in [0, 0.05) is 6.61 Å². The third-order valence-electron chi connectivity index (χ3n) is 5.31. The monoisotopic (exact) mass is 535 g/mol. The molecule has 0 amide bonds. The van der Waals surface area contributed by atoms with Crippen LogP contribution in [0, 0.1) is 0 Å². The molecule has 2 aliphatic rings. The third kappa shape index (κ3) is 7.00. The van der Waals surface area contributed by atoms with Gasteiger partial charge in [0.1, 0.15) is 12.6 Å². The molecule has 14 nitrogen and oxygen atoms in total. The lowest BCUT2D eigenvalue weighted by molar-refractivity contribution is -0.0370. The molecule has 2 aromatic heterocycles. The summed E-state index contributed by atoms with van der Waals surface area (Å²) in [6, 6.07) is 0.127. The zero-order chi connectivity index (χ0) is 24.8. The molecule has 35 heavy (non-hydrogen) atoms. The van der Waals surface area contributed by atoms with Crippen LogP contribution in [0.5, 0.6) is 0 Å². The summed E-state index contributed by atoms with van der Waals surface area (Å²) in [7, 11) is -4.12. The molecule has 2 N–H and O–H groups in total. The zero-order valence-corrected chi connectivity index (χ0v) is 20.7. The van der Waals surface area contributed by atoms with Crippen molar-refractivity contribution in [2.45, 2.75) is 44.6 Å². The summed E-state index contributed by atoms with van der Waals surface area (Å²) in [5, 5.41) is 3.40. The lowest BCUT2D eigenvalue weighted by Crippen LogP contribution is -2.20. The van der Waals surface area contributed by atoms with Crippen molar-refractivity contribution in [3.8, 4) is 0 Å². The molecule has 0 saturated carbocycles. The Hall–Kier alpha value is -2.06. The second kappa shape index (κ2) is 11.8. The first-order valence-electron chi connectivity index (χ1n) is 11.1. The summed E-state index contributed by atoms with van der Waals surface area (Å²) >= 11 is 6.16. The molecule has 2 aliphatic heterocycles. The van der Waals surface area contributed by atoms with Gasteiger partial charge in [-0.3, -0.25) is 13.7 Å². The number of hydrogen-bond donors (Lipinski definition) is 2. The van der Waals surface area contributed by atoms with Gasteiger partial charge < -0.3 is 33.9 Å². The van der Waals surface area contributed by atoms with Gasteiger partial charge in [-0.2, -0.15) is 9.97 Å². The maximum Gasteiger partial charge on any atom is 0.510 e. The average Bonchev–Trinajstić information content (AvgIpc) is 3.54.